The number of benzene rings is 2. The highest BCUT2D eigenvalue weighted by atomic mass is 16.2. The third-order valence-corrected chi connectivity index (χ3v) is 5.50. The number of nitrogens with zero attached hydrogens (tertiary/aromatic N) is 5. The first-order valence-corrected chi connectivity index (χ1v) is 10.5. The zero-order valence-corrected chi connectivity index (χ0v) is 18.1. The number of hydrogen-bond donors (Lipinski definition) is 0. The molecular formula is C24H31N5O. The van der Waals surface area contributed by atoms with Crippen molar-refractivity contribution in [3.05, 3.63) is 82.2 Å². The average molecular weight is 406 g/mol. The summed E-state index contributed by atoms with van der Waals surface area (Å²) in [7, 11) is 0. The molecule has 1 saturated heterocycles. The lowest BCUT2D eigenvalue weighted by atomic mass is 9.91. The predicted molar refractivity (Wildman–Crippen MR) is 120 cm³/mol. The highest BCUT2D eigenvalue weighted by molar-refractivity contribution is 5.76. The number of piperazine rings is 1. The summed E-state index contributed by atoms with van der Waals surface area (Å²) in [5, 5.41) is 4.21. The second-order valence-electron chi connectivity index (χ2n) is 9.07. The maximum atomic E-state index is 12.7. The van der Waals surface area contributed by atoms with Crippen LogP contribution in [0, 0.1) is 5.41 Å². The van der Waals surface area contributed by atoms with Crippen LogP contribution in [-0.4, -0.2) is 41.9 Å². The number of carbonyl (C=O) groups excluding carboxylic acids is 1. The Labute approximate surface area is 179 Å². The minimum Gasteiger partial charge on any atom is -0.340 e. The Kier molecular flexibility index (Phi) is 7.14. The molecule has 3 rings (SSSR count). The molecule has 2 aromatic carbocycles. The minimum absolute atomic E-state index is 0.0132. The smallest absolute Gasteiger partial charge is 0.223 e. The Hall–Kier alpha value is -2.82. The lowest BCUT2D eigenvalue weighted by Gasteiger charge is -2.42. The van der Waals surface area contributed by atoms with Crippen molar-refractivity contribution in [3.8, 4) is 0 Å². The van der Waals surface area contributed by atoms with E-state index < -0.39 is 0 Å². The Bertz CT molecular complexity index is 863. The highest BCUT2D eigenvalue weighted by Gasteiger charge is 2.33. The molecule has 6 heteroatoms. The number of amides is 1. The minimum atomic E-state index is -0.338. The molecule has 0 unspecified atom stereocenters. The van der Waals surface area contributed by atoms with Gasteiger partial charge in [0, 0.05) is 43.6 Å². The maximum Gasteiger partial charge on any atom is 0.223 e. The normalized spacial score (nSPS) is 17.1. The molecule has 1 aliphatic rings. The Morgan fingerprint density at radius 2 is 1.50 bits per heavy atom. The Balaban J connectivity index is 1.84. The summed E-state index contributed by atoms with van der Waals surface area (Å²) in [4.78, 5) is 20.1. The Morgan fingerprint density at radius 1 is 0.967 bits per heavy atom. The summed E-state index contributed by atoms with van der Waals surface area (Å²) < 4.78 is 0. The van der Waals surface area contributed by atoms with Gasteiger partial charge in [0.15, 0.2) is 0 Å². The van der Waals surface area contributed by atoms with E-state index >= 15 is 0 Å². The van der Waals surface area contributed by atoms with Crippen molar-refractivity contribution in [3.63, 3.8) is 0 Å². The van der Waals surface area contributed by atoms with Gasteiger partial charge in [-0.05, 0) is 22.1 Å². The topological polar surface area (TPSA) is 72.3 Å². The summed E-state index contributed by atoms with van der Waals surface area (Å²) in [6.45, 7) is 9.16. The van der Waals surface area contributed by atoms with Crippen LogP contribution in [0.5, 0.6) is 0 Å². The van der Waals surface area contributed by atoms with Crippen LogP contribution in [0.4, 0.5) is 0 Å². The van der Waals surface area contributed by atoms with E-state index in [9.17, 15) is 10.3 Å². The van der Waals surface area contributed by atoms with Crippen LogP contribution in [0.2, 0.25) is 0 Å². The molecule has 0 saturated carbocycles. The van der Waals surface area contributed by atoms with Crippen molar-refractivity contribution in [2.24, 2.45) is 10.5 Å². The first-order valence-electron chi connectivity index (χ1n) is 10.5. The number of rotatable bonds is 6. The SMILES string of the molecule is CC(C)(C)CC(=O)N1CCN([C@H](c2ccccc2)[C@@H](N=[N+]=[N-])c2ccccc2)CC1. The van der Waals surface area contributed by atoms with Crippen LogP contribution < -0.4 is 0 Å². The van der Waals surface area contributed by atoms with E-state index in [-0.39, 0.29) is 23.4 Å². The fourth-order valence-corrected chi connectivity index (χ4v) is 4.08. The van der Waals surface area contributed by atoms with Crippen LogP contribution in [0.15, 0.2) is 65.8 Å². The molecule has 0 radical (unpaired) electrons. The zero-order chi connectivity index (χ0) is 21.6. The largest absolute Gasteiger partial charge is 0.340 e. The molecule has 158 valence electrons. The third-order valence-electron chi connectivity index (χ3n) is 5.50. The van der Waals surface area contributed by atoms with Crippen LogP contribution in [0.1, 0.15) is 50.4 Å². The lowest BCUT2D eigenvalue weighted by Crippen LogP contribution is -2.51. The van der Waals surface area contributed by atoms with Crippen molar-refractivity contribution >= 4 is 5.91 Å². The first-order chi connectivity index (χ1) is 14.4. The van der Waals surface area contributed by atoms with Gasteiger partial charge >= 0.3 is 0 Å². The molecule has 0 N–H and O–H groups in total. The quantitative estimate of drug-likeness (QED) is 0.369. The molecule has 2 aromatic rings. The van der Waals surface area contributed by atoms with Gasteiger partial charge in [-0.3, -0.25) is 9.69 Å². The van der Waals surface area contributed by atoms with Crippen molar-refractivity contribution in [2.75, 3.05) is 26.2 Å². The van der Waals surface area contributed by atoms with Gasteiger partial charge in [-0.1, -0.05) is 86.5 Å². The van der Waals surface area contributed by atoms with E-state index in [1.807, 2.05) is 53.4 Å². The van der Waals surface area contributed by atoms with Crippen LogP contribution in [0.3, 0.4) is 0 Å². The van der Waals surface area contributed by atoms with Gasteiger partial charge in [-0.25, -0.2) is 0 Å². The molecule has 6 nitrogen and oxygen atoms in total. The molecule has 1 fully saturated rings. The summed E-state index contributed by atoms with van der Waals surface area (Å²) >= 11 is 0. The van der Waals surface area contributed by atoms with Crippen molar-refractivity contribution in [2.45, 2.75) is 39.3 Å². The van der Waals surface area contributed by atoms with E-state index in [0.717, 1.165) is 24.2 Å². The van der Waals surface area contributed by atoms with E-state index in [1.165, 1.54) is 0 Å². The van der Waals surface area contributed by atoms with Crippen LogP contribution in [-0.2, 0) is 4.79 Å². The van der Waals surface area contributed by atoms with E-state index in [4.69, 9.17) is 0 Å². The summed E-state index contributed by atoms with van der Waals surface area (Å²) in [6, 6.07) is 19.7. The summed E-state index contributed by atoms with van der Waals surface area (Å²) in [5.74, 6) is 0.216. The van der Waals surface area contributed by atoms with Gasteiger partial charge in [0.05, 0.1) is 6.04 Å². The van der Waals surface area contributed by atoms with E-state index in [0.29, 0.717) is 19.5 Å². The standard InChI is InChI=1S/C24H31N5O/c1-24(2,3)18-21(30)28-14-16-29(17-15-28)23(20-12-8-5-9-13-20)22(26-27-25)19-10-6-4-7-11-19/h4-13,22-23H,14-18H2,1-3H3/t22-,23+/m0/s1. The predicted octanol–water partition coefficient (Wildman–Crippen LogP) is 5.36. The molecule has 2 atom stereocenters. The summed E-state index contributed by atoms with van der Waals surface area (Å²) in [5.41, 5.74) is 11.4. The van der Waals surface area contributed by atoms with Crippen LogP contribution >= 0.6 is 0 Å². The monoisotopic (exact) mass is 405 g/mol. The van der Waals surface area contributed by atoms with E-state index in [2.05, 4.69) is 47.8 Å². The first kappa shape index (κ1) is 21.9. The average Bonchev–Trinajstić information content (AvgIpc) is 2.74. The van der Waals surface area contributed by atoms with Crippen molar-refractivity contribution in [1.29, 1.82) is 0 Å². The second kappa shape index (κ2) is 9.79. The van der Waals surface area contributed by atoms with Gasteiger partial charge in [-0.15, -0.1) is 0 Å². The molecule has 1 aliphatic heterocycles. The second-order valence-corrected chi connectivity index (χ2v) is 9.07. The van der Waals surface area contributed by atoms with Gasteiger partial charge in [-0.2, -0.15) is 0 Å². The molecule has 1 amide bonds. The lowest BCUT2D eigenvalue weighted by molar-refractivity contribution is -0.135. The van der Waals surface area contributed by atoms with Crippen molar-refractivity contribution in [1.82, 2.24) is 9.80 Å². The summed E-state index contributed by atoms with van der Waals surface area (Å²) in [6.07, 6.45) is 0.556. The molecule has 0 bridgehead atoms. The Morgan fingerprint density at radius 3 is 2.00 bits per heavy atom. The molecular weight excluding hydrogens is 374 g/mol. The van der Waals surface area contributed by atoms with Crippen molar-refractivity contribution < 1.29 is 4.79 Å². The van der Waals surface area contributed by atoms with Gasteiger partial charge in [0.25, 0.3) is 0 Å². The molecule has 1 heterocycles. The third kappa shape index (κ3) is 5.62. The molecule has 0 aromatic heterocycles. The van der Waals surface area contributed by atoms with E-state index in [1.54, 1.807) is 0 Å². The molecule has 0 spiro atoms. The number of azide groups is 1. The number of hydrogen-bond acceptors (Lipinski definition) is 3. The maximum absolute atomic E-state index is 12.7. The molecule has 0 aliphatic carbocycles. The van der Waals surface area contributed by atoms with Gasteiger partial charge in [0.2, 0.25) is 5.91 Å². The molecule has 30 heavy (non-hydrogen) atoms. The fourth-order valence-electron chi connectivity index (χ4n) is 4.08. The van der Waals surface area contributed by atoms with Crippen LogP contribution in [0.25, 0.3) is 10.4 Å². The van der Waals surface area contributed by atoms with Gasteiger partial charge < -0.3 is 4.90 Å². The highest BCUT2D eigenvalue weighted by Crippen LogP contribution is 2.38. The van der Waals surface area contributed by atoms with Gasteiger partial charge in [0.1, 0.15) is 0 Å². The zero-order valence-electron chi connectivity index (χ0n) is 18.1. The number of carbonyl (C=O) groups is 1. The fraction of sp³-hybridized carbons (Fsp3) is 0.458.